The van der Waals surface area contributed by atoms with Crippen LogP contribution in [0.2, 0.25) is 0 Å². The predicted octanol–water partition coefficient (Wildman–Crippen LogP) is 4.20. The van der Waals surface area contributed by atoms with E-state index >= 15 is 0 Å². The number of hydrogen-bond acceptors (Lipinski definition) is 3. The maximum absolute atomic E-state index is 5.63. The zero-order chi connectivity index (χ0) is 15.1. The summed E-state index contributed by atoms with van der Waals surface area (Å²) in [5.41, 5.74) is 4.11. The van der Waals surface area contributed by atoms with E-state index in [4.69, 9.17) is 14.2 Å². The molecule has 3 nitrogen and oxygen atoms in total. The van der Waals surface area contributed by atoms with Crippen molar-refractivity contribution in [3.8, 4) is 5.75 Å². The molecule has 1 unspecified atom stereocenters. The van der Waals surface area contributed by atoms with E-state index in [9.17, 15) is 0 Å². The Morgan fingerprint density at radius 2 is 2.10 bits per heavy atom. The van der Waals surface area contributed by atoms with Crippen LogP contribution in [-0.4, -0.2) is 26.6 Å². The second-order valence-electron chi connectivity index (χ2n) is 5.25. The lowest BCUT2D eigenvalue weighted by Crippen LogP contribution is -2.13. The molecule has 0 fully saturated rings. The molecule has 0 saturated heterocycles. The third-order valence-electron chi connectivity index (χ3n) is 3.83. The van der Waals surface area contributed by atoms with E-state index < -0.39 is 0 Å². The Morgan fingerprint density at radius 3 is 2.86 bits per heavy atom. The molecule has 0 amide bonds. The number of ether oxygens (including phenoxy) is 3. The lowest BCUT2D eigenvalue weighted by molar-refractivity contribution is -0.127. The molecule has 3 heteroatoms. The Kier molecular flexibility index (Phi) is 6.27. The fraction of sp³-hybridized carbons (Fsp3) is 0.556. The Balaban J connectivity index is 1.90. The summed E-state index contributed by atoms with van der Waals surface area (Å²) >= 11 is 0. The van der Waals surface area contributed by atoms with Crippen LogP contribution in [0, 0.1) is 0 Å². The number of rotatable bonds is 8. The summed E-state index contributed by atoms with van der Waals surface area (Å²) in [6, 6.07) is 6.33. The molecule has 0 saturated carbocycles. The smallest absolute Gasteiger partial charge is 0.154 e. The number of benzene rings is 1. The number of fused-ring (bicyclic) bond motifs is 1. The standard InChI is InChI=1S/C18H26O3/c1-4-20-14(2)21-13-7-9-15-8-5-11-17-16(15)10-6-12-18(17)19-3/h6,8,10,12,14H,4-5,7,9,11,13H2,1-3H3. The molecule has 116 valence electrons. The van der Waals surface area contributed by atoms with Crippen LogP contribution >= 0.6 is 0 Å². The van der Waals surface area contributed by atoms with Gasteiger partial charge in [0.1, 0.15) is 5.75 Å². The maximum atomic E-state index is 5.63. The average molecular weight is 290 g/mol. The van der Waals surface area contributed by atoms with Gasteiger partial charge in [-0.1, -0.05) is 18.2 Å². The summed E-state index contributed by atoms with van der Waals surface area (Å²) in [5.74, 6) is 1.01. The molecule has 0 spiro atoms. The quantitative estimate of drug-likeness (QED) is 0.530. The molecule has 0 aliphatic heterocycles. The summed E-state index contributed by atoms with van der Waals surface area (Å²) < 4.78 is 16.5. The summed E-state index contributed by atoms with van der Waals surface area (Å²) in [6.45, 7) is 5.36. The van der Waals surface area contributed by atoms with Gasteiger partial charge in [0.25, 0.3) is 0 Å². The zero-order valence-corrected chi connectivity index (χ0v) is 13.4. The van der Waals surface area contributed by atoms with Crippen molar-refractivity contribution < 1.29 is 14.2 Å². The van der Waals surface area contributed by atoms with Crippen LogP contribution < -0.4 is 4.74 Å². The van der Waals surface area contributed by atoms with Gasteiger partial charge in [-0.3, -0.25) is 0 Å². The van der Waals surface area contributed by atoms with E-state index in [0.29, 0.717) is 6.61 Å². The van der Waals surface area contributed by atoms with Crippen LogP contribution in [0.15, 0.2) is 24.3 Å². The molecule has 0 radical (unpaired) electrons. The summed E-state index contributed by atoms with van der Waals surface area (Å²) in [6.07, 6.45) is 6.47. The van der Waals surface area contributed by atoms with Gasteiger partial charge < -0.3 is 14.2 Å². The maximum Gasteiger partial charge on any atom is 0.154 e. The first-order chi connectivity index (χ1) is 10.3. The molecule has 0 bridgehead atoms. The Morgan fingerprint density at radius 1 is 1.24 bits per heavy atom. The van der Waals surface area contributed by atoms with E-state index in [-0.39, 0.29) is 6.29 Å². The van der Waals surface area contributed by atoms with E-state index in [2.05, 4.69) is 24.3 Å². The van der Waals surface area contributed by atoms with Crippen LogP contribution in [0.5, 0.6) is 5.75 Å². The number of methoxy groups -OCH3 is 1. The lowest BCUT2D eigenvalue weighted by Gasteiger charge is -2.20. The minimum Gasteiger partial charge on any atom is -0.496 e. The first-order valence-corrected chi connectivity index (χ1v) is 7.84. The molecule has 1 aromatic carbocycles. The highest BCUT2D eigenvalue weighted by Crippen LogP contribution is 2.34. The zero-order valence-electron chi connectivity index (χ0n) is 13.4. The van der Waals surface area contributed by atoms with Gasteiger partial charge in [-0.2, -0.15) is 0 Å². The molecule has 2 rings (SSSR count). The third kappa shape index (κ3) is 4.32. The molecular weight excluding hydrogens is 264 g/mol. The summed E-state index contributed by atoms with van der Waals surface area (Å²) in [4.78, 5) is 0. The van der Waals surface area contributed by atoms with Gasteiger partial charge in [0.05, 0.1) is 13.7 Å². The molecule has 1 aliphatic rings. The van der Waals surface area contributed by atoms with Crippen LogP contribution in [-0.2, 0) is 15.9 Å². The molecule has 1 atom stereocenters. The molecule has 1 aromatic rings. The van der Waals surface area contributed by atoms with E-state index in [1.54, 1.807) is 7.11 Å². The highest BCUT2D eigenvalue weighted by atomic mass is 16.7. The highest BCUT2D eigenvalue weighted by Gasteiger charge is 2.15. The van der Waals surface area contributed by atoms with Gasteiger partial charge >= 0.3 is 0 Å². The van der Waals surface area contributed by atoms with Gasteiger partial charge in [-0.25, -0.2) is 0 Å². The predicted molar refractivity (Wildman–Crippen MR) is 85.6 cm³/mol. The first kappa shape index (κ1) is 16.1. The van der Waals surface area contributed by atoms with E-state index in [0.717, 1.165) is 38.0 Å². The minimum atomic E-state index is -0.109. The molecule has 0 heterocycles. The van der Waals surface area contributed by atoms with Crippen molar-refractivity contribution in [2.24, 2.45) is 0 Å². The number of hydrogen-bond donors (Lipinski definition) is 0. The van der Waals surface area contributed by atoms with Crippen molar-refractivity contribution in [1.29, 1.82) is 0 Å². The summed E-state index contributed by atoms with van der Waals surface area (Å²) in [5, 5.41) is 0. The second kappa shape index (κ2) is 8.20. The van der Waals surface area contributed by atoms with E-state index in [1.807, 2.05) is 13.8 Å². The lowest BCUT2D eigenvalue weighted by atomic mass is 9.88. The van der Waals surface area contributed by atoms with Crippen LogP contribution in [0.3, 0.4) is 0 Å². The van der Waals surface area contributed by atoms with Crippen LogP contribution in [0.25, 0.3) is 5.57 Å². The van der Waals surface area contributed by atoms with Crippen molar-refractivity contribution >= 4 is 5.57 Å². The largest absolute Gasteiger partial charge is 0.496 e. The topological polar surface area (TPSA) is 27.7 Å². The first-order valence-electron chi connectivity index (χ1n) is 7.84. The van der Waals surface area contributed by atoms with Gasteiger partial charge in [0, 0.05) is 12.2 Å². The normalized spacial score (nSPS) is 15.3. The third-order valence-corrected chi connectivity index (χ3v) is 3.83. The number of allylic oxidation sites excluding steroid dienone is 2. The van der Waals surface area contributed by atoms with Crippen molar-refractivity contribution in [3.63, 3.8) is 0 Å². The van der Waals surface area contributed by atoms with Crippen molar-refractivity contribution in [1.82, 2.24) is 0 Å². The average Bonchev–Trinajstić information content (AvgIpc) is 2.51. The van der Waals surface area contributed by atoms with Crippen molar-refractivity contribution in [3.05, 3.63) is 35.4 Å². The van der Waals surface area contributed by atoms with E-state index in [1.165, 1.54) is 16.7 Å². The fourth-order valence-electron chi connectivity index (χ4n) is 2.85. The van der Waals surface area contributed by atoms with Crippen molar-refractivity contribution in [2.75, 3.05) is 20.3 Å². The fourth-order valence-corrected chi connectivity index (χ4v) is 2.85. The molecule has 0 aromatic heterocycles. The SMILES string of the molecule is CCOC(C)OCCCC1=CCCc2c(OC)cccc21. The molecule has 0 N–H and O–H groups in total. The summed E-state index contributed by atoms with van der Waals surface area (Å²) in [7, 11) is 1.75. The minimum absolute atomic E-state index is 0.109. The van der Waals surface area contributed by atoms with Crippen LogP contribution in [0.4, 0.5) is 0 Å². The van der Waals surface area contributed by atoms with Gasteiger partial charge in [0.15, 0.2) is 6.29 Å². The van der Waals surface area contributed by atoms with Crippen LogP contribution in [0.1, 0.15) is 44.2 Å². The highest BCUT2D eigenvalue weighted by molar-refractivity contribution is 5.72. The Hall–Kier alpha value is -1.32. The Bertz CT molecular complexity index is 479. The molecular formula is C18H26O3. The van der Waals surface area contributed by atoms with Gasteiger partial charge in [-0.15, -0.1) is 0 Å². The monoisotopic (exact) mass is 290 g/mol. The molecule has 21 heavy (non-hydrogen) atoms. The van der Waals surface area contributed by atoms with Gasteiger partial charge in [-0.05, 0) is 56.7 Å². The second-order valence-corrected chi connectivity index (χ2v) is 5.25. The Labute approximate surface area is 127 Å². The van der Waals surface area contributed by atoms with Crippen molar-refractivity contribution in [2.45, 2.75) is 45.8 Å². The van der Waals surface area contributed by atoms with Gasteiger partial charge in [0.2, 0.25) is 0 Å². The molecule has 1 aliphatic carbocycles.